The summed E-state index contributed by atoms with van der Waals surface area (Å²) in [6.45, 7) is 3.65. The van der Waals surface area contributed by atoms with E-state index in [2.05, 4.69) is 10.6 Å². The minimum absolute atomic E-state index is 0.0642. The first-order valence-electron chi connectivity index (χ1n) is 9.47. The number of hydrogen-bond donors (Lipinski definition) is 2. The topological polar surface area (TPSA) is 137 Å². The molecular formula is C21H23N3O7. The molecule has 0 aromatic heterocycles. The molecule has 2 aromatic carbocycles. The Balaban J connectivity index is 1.75. The summed E-state index contributed by atoms with van der Waals surface area (Å²) in [5.74, 6) is -0.204. The highest BCUT2D eigenvalue weighted by Crippen LogP contribution is 2.18. The molecular weight excluding hydrogens is 406 g/mol. The second-order valence-corrected chi connectivity index (χ2v) is 7.01. The smallest absolute Gasteiger partial charge is 0.429 e. The highest BCUT2D eigenvalue weighted by atomic mass is 16.7. The van der Waals surface area contributed by atoms with Crippen molar-refractivity contribution in [1.82, 2.24) is 5.32 Å². The van der Waals surface area contributed by atoms with Crippen molar-refractivity contribution < 1.29 is 28.8 Å². The molecule has 0 heterocycles. The zero-order valence-corrected chi connectivity index (χ0v) is 17.1. The van der Waals surface area contributed by atoms with Gasteiger partial charge >= 0.3 is 6.16 Å². The zero-order chi connectivity index (χ0) is 22.8. The Bertz CT molecular complexity index is 925. The molecule has 0 aliphatic carbocycles. The fourth-order valence-corrected chi connectivity index (χ4v) is 2.42. The van der Waals surface area contributed by atoms with Crippen LogP contribution in [-0.2, 0) is 20.9 Å². The quantitative estimate of drug-likeness (QED) is 0.270. The first-order chi connectivity index (χ1) is 14.7. The number of ether oxygens (including phenoxy) is 2. The van der Waals surface area contributed by atoms with Crippen LogP contribution in [0.15, 0.2) is 48.5 Å². The molecule has 2 rings (SSSR count). The summed E-state index contributed by atoms with van der Waals surface area (Å²) >= 11 is 0. The maximum absolute atomic E-state index is 11.9. The Morgan fingerprint density at radius 2 is 1.65 bits per heavy atom. The number of nitrogens with zero attached hydrogens (tertiary/aromatic N) is 1. The van der Waals surface area contributed by atoms with E-state index in [4.69, 9.17) is 9.47 Å². The van der Waals surface area contributed by atoms with Crippen LogP contribution in [0.25, 0.3) is 0 Å². The first-order valence-corrected chi connectivity index (χ1v) is 9.47. The van der Waals surface area contributed by atoms with Gasteiger partial charge in [0.2, 0.25) is 11.8 Å². The average Bonchev–Trinajstić information content (AvgIpc) is 2.72. The van der Waals surface area contributed by atoms with Crippen LogP contribution in [0.2, 0.25) is 0 Å². The highest BCUT2D eigenvalue weighted by Gasteiger charge is 2.10. The van der Waals surface area contributed by atoms with E-state index in [1.165, 1.54) is 24.3 Å². The number of carbonyl (C=O) groups is 3. The molecule has 0 atom stereocenters. The second-order valence-electron chi connectivity index (χ2n) is 7.01. The Morgan fingerprint density at radius 1 is 1.00 bits per heavy atom. The van der Waals surface area contributed by atoms with Crippen LogP contribution in [0.3, 0.4) is 0 Å². The fourth-order valence-electron chi connectivity index (χ4n) is 2.42. The molecule has 0 saturated heterocycles. The van der Waals surface area contributed by atoms with E-state index in [0.29, 0.717) is 17.7 Å². The van der Waals surface area contributed by atoms with Gasteiger partial charge in [0.1, 0.15) is 12.4 Å². The number of non-ortho nitro benzene ring substituents is 1. The monoisotopic (exact) mass is 429 g/mol. The van der Waals surface area contributed by atoms with Crippen molar-refractivity contribution >= 4 is 29.3 Å². The van der Waals surface area contributed by atoms with Gasteiger partial charge in [-0.1, -0.05) is 26.0 Å². The van der Waals surface area contributed by atoms with Crippen LogP contribution < -0.4 is 15.4 Å². The molecule has 0 radical (unpaired) electrons. The summed E-state index contributed by atoms with van der Waals surface area (Å²) < 4.78 is 9.94. The number of carbonyl (C=O) groups excluding carboxylic acids is 3. The summed E-state index contributed by atoms with van der Waals surface area (Å²) in [5, 5.41) is 15.8. The molecule has 2 N–H and O–H groups in total. The normalized spacial score (nSPS) is 10.3. The lowest BCUT2D eigenvalue weighted by Gasteiger charge is -2.09. The van der Waals surface area contributed by atoms with Crippen LogP contribution in [0.1, 0.15) is 25.8 Å². The number of rotatable bonds is 9. The van der Waals surface area contributed by atoms with Crippen molar-refractivity contribution in [2.24, 2.45) is 5.92 Å². The predicted molar refractivity (Wildman–Crippen MR) is 111 cm³/mol. The van der Waals surface area contributed by atoms with Crippen molar-refractivity contribution in [3.05, 3.63) is 64.2 Å². The number of nitro benzene ring substituents is 1. The van der Waals surface area contributed by atoms with Crippen LogP contribution in [0.5, 0.6) is 5.75 Å². The van der Waals surface area contributed by atoms with Crippen molar-refractivity contribution in [3.8, 4) is 5.75 Å². The molecule has 31 heavy (non-hydrogen) atoms. The molecule has 0 saturated carbocycles. The van der Waals surface area contributed by atoms with Crippen molar-refractivity contribution in [2.75, 3.05) is 11.9 Å². The molecule has 0 bridgehead atoms. The van der Waals surface area contributed by atoms with E-state index >= 15 is 0 Å². The SMILES string of the molecule is CC(C)CC(=O)NCC(=O)Nc1ccc(COC(=O)Oc2ccc([N+](=O)[O-])cc2)cc1. The lowest BCUT2D eigenvalue weighted by Crippen LogP contribution is -2.33. The molecule has 2 amide bonds. The van der Waals surface area contributed by atoms with E-state index in [0.717, 1.165) is 0 Å². The number of nitro groups is 1. The van der Waals surface area contributed by atoms with Gasteiger partial charge in [0.15, 0.2) is 0 Å². The number of hydrogen-bond acceptors (Lipinski definition) is 7. The summed E-state index contributed by atoms with van der Waals surface area (Å²) in [4.78, 5) is 45.2. The van der Waals surface area contributed by atoms with Crippen LogP contribution >= 0.6 is 0 Å². The predicted octanol–water partition coefficient (Wildman–Crippen LogP) is 3.41. The maximum Gasteiger partial charge on any atom is 0.514 e. The first kappa shape index (κ1) is 23.3. The summed E-state index contributed by atoms with van der Waals surface area (Å²) in [5.41, 5.74) is 1.06. The minimum atomic E-state index is -0.955. The summed E-state index contributed by atoms with van der Waals surface area (Å²) in [7, 11) is 0. The minimum Gasteiger partial charge on any atom is -0.429 e. The largest absolute Gasteiger partial charge is 0.514 e. The Morgan fingerprint density at radius 3 is 2.23 bits per heavy atom. The van der Waals surface area contributed by atoms with E-state index in [-0.39, 0.29) is 42.3 Å². The molecule has 10 nitrogen and oxygen atoms in total. The third-order valence-electron chi connectivity index (χ3n) is 3.88. The lowest BCUT2D eigenvalue weighted by atomic mass is 10.1. The van der Waals surface area contributed by atoms with Gasteiger partial charge in [-0.15, -0.1) is 0 Å². The van der Waals surface area contributed by atoms with Gasteiger partial charge in [0.25, 0.3) is 5.69 Å². The summed E-state index contributed by atoms with van der Waals surface area (Å²) in [6.07, 6.45) is -0.599. The van der Waals surface area contributed by atoms with Crippen molar-refractivity contribution in [1.29, 1.82) is 0 Å². The van der Waals surface area contributed by atoms with Gasteiger partial charge in [0.05, 0.1) is 11.5 Å². The molecule has 0 unspecified atom stereocenters. The van der Waals surface area contributed by atoms with Crippen LogP contribution in [0, 0.1) is 16.0 Å². The highest BCUT2D eigenvalue weighted by molar-refractivity contribution is 5.94. The Hall–Kier alpha value is -3.95. The molecule has 0 aliphatic heterocycles. The molecule has 2 aromatic rings. The lowest BCUT2D eigenvalue weighted by molar-refractivity contribution is -0.384. The van der Waals surface area contributed by atoms with Gasteiger partial charge in [-0.25, -0.2) is 4.79 Å². The van der Waals surface area contributed by atoms with Gasteiger partial charge in [-0.3, -0.25) is 19.7 Å². The number of anilines is 1. The van der Waals surface area contributed by atoms with E-state index < -0.39 is 11.1 Å². The second kappa shape index (κ2) is 11.3. The molecule has 10 heteroatoms. The third kappa shape index (κ3) is 8.52. The van der Waals surface area contributed by atoms with Gasteiger partial charge in [-0.2, -0.15) is 0 Å². The molecule has 164 valence electrons. The van der Waals surface area contributed by atoms with Gasteiger partial charge in [-0.05, 0) is 35.7 Å². The molecule has 0 aliphatic rings. The molecule has 0 spiro atoms. The number of benzene rings is 2. The summed E-state index contributed by atoms with van der Waals surface area (Å²) in [6, 6.07) is 11.6. The standard InChI is InChI=1S/C21H23N3O7/c1-14(2)11-19(25)22-12-20(26)23-16-5-3-15(4-6-16)13-30-21(27)31-18-9-7-17(8-10-18)24(28)29/h3-10,14H,11-13H2,1-2H3,(H,22,25)(H,23,26). The number of nitrogens with one attached hydrogen (secondary N) is 2. The maximum atomic E-state index is 11.9. The third-order valence-corrected chi connectivity index (χ3v) is 3.88. The number of amides is 2. The molecule has 0 fully saturated rings. The van der Waals surface area contributed by atoms with Gasteiger partial charge < -0.3 is 20.1 Å². The van der Waals surface area contributed by atoms with E-state index in [9.17, 15) is 24.5 Å². The van der Waals surface area contributed by atoms with E-state index in [1.54, 1.807) is 24.3 Å². The fraction of sp³-hybridized carbons (Fsp3) is 0.286. The van der Waals surface area contributed by atoms with Crippen molar-refractivity contribution in [2.45, 2.75) is 26.9 Å². The van der Waals surface area contributed by atoms with Crippen LogP contribution in [0.4, 0.5) is 16.2 Å². The van der Waals surface area contributed by atoms with Crippen LogP contribution in [-0.4, -0.2) is 29.4 Å². The Kier molecular flexibility index (Phi) is 8.50. The van der Waals surface area contributed by atoms with Crippen molar-refractivity contribution in [3.63, 3.8) is 0 Å². The average molecular weight is 429 g/mol. The zero-order valence-electron chi connectivity index (χ0n) is 17.1. The Labute approximate surface area is 178 Å². The van der Waals surface area contributed by atoms with E-state index in [1.807, 2.05) is 13.8 Å². The van der Waals surface area contributed by atoms with Gasteiger partial charge in [0, 0.05) is 24.2 Å².